The van der Waals surface area contributed by atoms with Crippen molar-refractivity contribution in [2.24, 2.45) is 5.92 Å². The number of ether oxygens (including phenoxy) is 1. The van der Waals surface area contributed by atoms with Crippen LogP contribution >= 0.6 is 0 Å². The second-order valence-corrected chi connectivity index (χ2v) is 10.0. The molecule has 3 aliphatic carbocycles. The van der Waals surface area contributed by atoms with Crippen molar-refractivity contribution in [2.75, 3.05) is 20.1 Å². The first-order chi connectivity index (χ1) is 14.2. The van der Waals surface area contributed by atoms with Crippen molar-refractivity contribution in [1.82, 2.24) is 0 Å². The van der Waals surface area contributed by atoms with Gasteiger partial charge in [0.15, 0.2) is 17.6 Å². The Morgan fingerprint density at radius 1 is 1.20 bits per heavy atom. The lowest BCUT2D eigenvalue weighted by molar-refractivity contribution is -0.950. The maximum absolute atomic E-state index is 12.2. The molecule has 2 aliphatic heterocycles. The number of benzene rings is 1. The van der Waals surface area contributed by atoms with E-state index in [0.29, 0.717) is 23.2 Å². The van der Waals surface area contributed by atoms with E-state index in [1.165, 1.54) is 12.8 Å². The van der Waals surface area contributed by atoms with Crippen molar-refractivity contribution in [2.45, 2.75) is 60.9 Å². The Balaban J connectivity index is -0.000000343. The smallest absolute Gasteiger partial charge is 0.870 e. The van der Waals surface area contributed by atoms with Crippen molar-refractivity contribution in [3.8, 4) is 11.5 Å². The van der Waals surface area contributed by atoms with Crippen LogP contribution in [0.2, 0.25) is 0 Å². The molecule has 6 atom stereocenters. The molecule has 1 aromatic rings. The van der Waals surface area contributed by atoms with Gasteiger partial charge in [0, 0.05) is 33.6 Å². The van der Waals surface area contributed by atoms with Gasteiger partial charge in [-0.2, -0.15) is 0 Å². The van der Waals surface area contributed by atoms with Gasteiger partial charge >= 0.3 is 8.82 Å². The van der Waals surface area contributed by atoms with Crippen LogP contribution in [0.5, 0.6) is 11.5 Å². The number of carboxylic acid groups (broad SMARTS) is 1. The summed E-state index contributed by atoms with van der Waals surface area (Å²) >= 11 is 0. The van der Waals surface area contributed by atoms with Crippen LogP contribution in [-0.2, 0) is 21.4 Å². The van der Waals surface area contributed by atoms with Gasteiger partial charge in [-0.05, 0) is 24.5 Å². The fourth-order valence-electron chi connectivity index (χ4n) is 7.24. The van der Waals surface area contributed by atoms with E-state index in [-0.39, 0.29) is 57.0 Å². The maximum atomic E-state index is 12.2. The molecule has 1 saturated heterocycles. The highest BCUT2D eigenvalue weighted by Crippen LogP contribution is 2.70. The number of carboxylic acids is 1. The van der Waals surface area contributed by atoms with Gasteiger partial charge in [-0.1, -0.05) is 6.07 Å². The van der Waals surface area contributed by atoms with E-state index in [2.05, 4.69) is 13.8 Å². The SMILES string of the molecule is C[N+]1(CC2CC2)CC[C@]23c4c5ccc(O)c4O[C@H]2[C@](O)(C(=O)O)C[C@@]3(O)[C@H]1C5.[CH-]=O.[H+].[H+].[HH].[HH].[OH-].[OH-].[OH-].[OH-].[OH-]. The standard InChI is InChI=1S/C21H25NO6.CHO.5H2O.2H2/c1-22(9-11-2-3-11)7-6-19-15-12-4-5-13(23)16(15)28-17(19)20(26,18(24)25)10-21(19,27)14(22)8-12;1-2;;;;;;;/h4-5,11,14,17,26-27H,2-3,6-10H2,1H3,(H-,23,24,25);1H;5*1H2;2*1H/q;-1;;;;;;;/p-2/t14-,17-,19+,20+,21-,22?;;;;;;;;/m1......../s1. The first-order valence-corrected chi connectivity index (χ1v) is 10.4. The third kappa shape index (κ3) is 3.54. The van der Waals surface area contributed by atoms with E-state index in [4.69, 9.17) is 9.53 Å². The molecular formula is C22H38NO12-3. The minimum absolute atomic E-state index is 0. The topological polar surface area (TPSA) is 274 Å². The maximum Gasteiger partial charge on any atom is 1.00 e. The number of hydrogen-bond acceptors (Lipinski definition) is 11. The molecule has 0 aromatic heterocycles. The highest BCUT2D eigenvalue weighted by molar-refractivity contribution is 5.82. The van der Waals surface area contributed by atoms with Crippen LogP contribution in [0.15, 0.2) is 12.1 Å². The molecule has 2 heterocycles. The molecule has 5 aliphatic rings. The number of hydrogen-bond donors (Lipinski definition) is 4. The number of rotatable bonds is 3. The van der Waals surface area contributed by atoms with Gasteiger partial charge < -0.3 is 61.8 Å². The molecule has 1 unspecified atom stereocenters. The van der Waals surface area contributed by atoms with Crippen LogP contribution in [-0.4, -0.2) is 109 Å². The third-order valence-electron chi connectivity index (χ3n) is 8.57. The minimum Gasteiger partial charge on any atom is -0.870 e. The monoisotopic (exact) mass is 508 g/mol. The summed E-state index contributed by atoms with van der Waals surface area (Å²) in [6.07, 6.45) is 2.22. The molecule has 1 aromatic carbocycles. The second kappa shape index (κ2) is 9.59. The summed E-state index contributed by atoms with van der Waals surface area (Å²) < 4.78 is 6.68. The van der Waals surface area contributed by atoms with Gasteiger partial charge in [0.05, 0.1) is 25.6 Å². The summed E-state index contributed by atoms with van der Waals surface area (Å²) in [5, 5.41) is 43.7. The number of carbonyl (C=O) groups excluding carboxylic acids is 1. The third-order valence-corrected chi connectivity index (χ3v) is 8.57. The van der Waals surface area contributed by atoms with Crippen molar-refractivity contribution in [1.29, 1.82) is 0 Å². The molecule has 35 heavy (non-hydrogen) atoms. The molecule has 3 fully saturated rings. The number of aliphatic hydroxyl groups is 2. The van der Waals surface area contributed by atoms with Crippen LogP contribution in [0.1, 0.15) is 42.5 Å². The average molecular weight is 509 g/mol. The Morgan fingerprint density at radius 3 is 2.34 bits per heavy atom. The van der Waals surface area contributed by atoms with Crippen LogP contribution in [0.4, 0.5) is 0 Å². The van der Waals surface area contributed by atoms with Crippen LogP contribution in [0, 0.1) is 5.92 Å². The Kier molecular flexibility index (Phi) is 8.95. The molecule has 0 amide bonds. The zero-order chi connectivity index (χ0) is 21.7. The number of phenolic OH excluding ortho intramolecular Hbond substituents is 1. The molecule has 0 radical (unpaired) electrons. The van der Waals surface area contributed by atoms with E-state index in [1.54, 1.807) is 6.07 Å². The number of carbonyl (C=O) groups is 1. The van der Waals surface area contributed by atoms with Crippen LogP contribution in [0.25, 0.3) is 0 Å². The van der Waals surface area contributed by atoms with E-state index in [9.17, 15) is 25.2 Å². The normalized spacial score (nSPS) is 38.1. The molecule has 1 spiro atoms. The summed E-state index contributed by atoms with van der Waals surface area (Å²) in [5.74, 6) is -0.519. The van der Waals surface area contributed by atoms with Gasteiger partial charge in [0.2, 0.25) is 5.60 Å². The molecule has 206 valence electrons. The van der Waals surface area contributed by atoms with Crippen LogP contribution < -0.4 is 4.74 Å². The van der Waals surface area contributed by atoms with Gasteiger partial charge in [0.1, 0.15) is 11.6 Å². The Bertz CT molecular complexity index is 975. The summed E-state index contributed by atoms with van der Waals surface area (Å²) in [6.45, 7) is 5.02. The predicted molar refractivity (Wildman–Crippen MR) is 120 cm³/mol. The summed E-state index contributed by atoms with van der Waals surface area (Å²) in [5.41, 5.74) is -2.84. The molecule has 9 N–H and O–H groups in total. The van der Waals surface area contributed by atoms with Gasteiger partial charge in [-0.15, -0.1) is 0 Å². The zero-order valence-corrected chi connectivity index (χ0v) is 19.1. The van der Waals surface area contributed by atoms with Crippen LogP contribution in [0.3, 0.4) is 0 Å². The predicted octanol–water partition coefficient (Wildman–Crippen LogP) is 0.0854. The highest BCUT2D eigenvalue weighted by atomic mass is 16.5. The van der Waals surface area contributed by atoms with E-state index >= 15 is 0 Å². The lowest BCUT2D eigenvalue weighted by Crippen LogP contribution is -2.76. The lowest BCUT2D eigenvalue weighted by Gasteiger charge is -2.60. The quantitative estimate of drug-likeness (QED) is 0.240. The molecular weight excluding hydrogens is 470 g/mol. The fourth-order valence-corrected chi connectivity index (χ4v) is 7.24. The van der Waals surface area contributed by atoms with Crippen molar-refractivity contribution in [3.63, 3.8) is 0 Å². The van der Waals surface area contributed by atoms with Crippen molar-refractivity contribution < 1.29 is 72.3 Å². The first-order valence-electron chi connectivity index (χ1n) is 10.4. The average Bonchev–Trinajstić information content (AvgIpc) is 3.37. The molecule has 6 rings (SSSR count). The molecule has 13 heteroatoms. The Hall–Kier alpha value is -2.36. The fraction of sp³-hybridized carbons (Fsp3) is 0.636. The van der Waals surface area contributed by atoms with Crippen molar-refractivity contribution >= 4 is 12.8 Å². The van der Waals surface area contributed by atoms with E-state index in [0.717, 1.165) is 24.2 Å². The number of piperidine rings is 1. The number of aliphatic carboxylic acids is 1. The number of phenols is 1. The van der Waals surface area contributed by atoms with Gasteiger partial charge in [0.25, 0.3) is 0 Å². The van der Waals surface area contributed by atoms with Crippen molar-refractivity contribution in [3.05, 3.63) is 23.3 Å². The number of likely N-dealkylation sites (N-methyl/N-ethyl adjacent to an activating group) is 1. The summed E-state index contributed by atoms with van der Waals surface area (Å²) in [7, 11) is 2.17. The molecule has 2 saturated carbocycles. The summed E-state index contributed by atoms with van der Waals surface area (Å²) in [6, 6.07) is 3.25. The van der Waals surface area contributed by atoms with E-state index < -0.39 is 28.7 Å². The Morgan fingerprint density at radius 2 is 1.80 bits per heavy atom. The number of quaternary nitrogens is 1. The molecule has 2 bridgehead atoms. The second-order valence-electron chi connectivity index (χ2n) is 10.0. The Labute approximate surface area is 207 Å². The largest absolute Gasteiger partial charge is 1.00 e. The van der Waals surface area contributed by atoms with Gasteiger partial charge in [-0.3, -0.25) is 6.79 Å². The van der Waals surface area contributed by atoms with E-state index in [1.807, 2.05) is 6.07 Å². The number of likely N-dealkylation sites (tertiary alicyclic amines) is 1. The highest BCUT2D eigenvalue weighted by Gasteiger charge is 2.84. The lowest BCUT2D eigenvalue weighted by atomic mass is 9.55. The molecule has 13 nitrogen and oxygen atoms in total. The number of aromatic hydroxyl groups is 1. The van der Waals surface area contributed by atoms with Gasteiger partial charge in [-0.25, -0.2) is 4.79 Å². The minimum atomic E-state index is -2.19. The number of nitrogens with zero attached hydrogens (tertiary/aromatic N) is 1. The zero-order valence-electron chi connectivity index (χ0n) is 21.1. The first kappa shape index (κ1) is 32.6. The summed E-state index contributed by atoms with van der Waals surface area (Å²) in [4.78, 5) is 19.9.